The van der Waals surface area contributed by atoms with E-state index < -0.39 is 10.9 Å². The van der Waals surface area contributed by atoms with Crippen LogP contribution in [0.15, 0.2) is 36.4 Å². The Hall–Kier alpha value is -2.31. The maximum absolute atomic E-state index is 11.2. The molecule has 0 radical (unpaired) electrons. The zero-order valence-corrected chi connectivity index (χ0v) is 11.8. The van der Waals surface area contributed by atoms with Gasteiger partial charge in [0, 0.05) is 12.1 Å². The van der Waals surface area contributed by atoms with Crippen molar-refractivity contribution in [1.82, 2.24) is 0 Å². The molecule has 2 aromatic rings. The zero-order valence-electron chi connectivity index (χ0n) is 10.2. The number of aromatic carboxylic acids is 1. The van der Waals surface area contributed by atoms with Crippen molar-refractivity contribution in [3.05, 3.63) is 62.1 Å². The van der Waals surface area contributed by atoms with Crippen LogP contribution in [0.4, 0.5) is 5.69 Å². The molecule has 0 atom stereocenters. The van der Waals surface area contributed by atoms with Crippen LogP contribution in [-0.2, 0) is 0 Å². The van der Waals surface area contributed by atoms with Gasteiger partial charge in [-0.2, -0.15) is 0 Å². The standard InChI is InChI=1S/C13H7Cl2NO5/c14-8-2-1-3-11(12(8)13(17)18)21-7-4-5-10(16(19)20)9(15)6-7/h1-6H,(H,17,18). The molecule has 0 aliphatic heterocycles. The summed E-state index contributed by atoms with van der Waals surface area (Å²) in [6.45, 7) is 0. The molecular weight excluding hydrogens is 321 g/mol. The number of nitrogens with zero attached hydrogens (tertiary/aromatic N) is 1. The summed E-state index contributed by atoms with van der Waals surface area (Å²) in [5, 5.41) is 19.7. The van der Waals surface area contributed by atoms with E-state index in [1.807, 2.05) is 0 Å². The number of nitro benzene ring substituents is 1. The molecule has 0 amide bonds. The van der Waals surface area contributed by atoms with E-state index in [1.54, 1.807) is 0 Å². The molecule has 108 valence electrons. The Kier molecular flexibility index (Phi) is 4.30. The average Bonchev–Trinajstić information content (AvgIpc) is 2.37. The van der Waals surface area contributed by atoms with Gasteiger partial charge in [0.15, 0.2) is 0 Å². The van der Waals surface area contributed by atoms with Crippen molar-refractivity contribution in [3.63, 3.8) is 0 Å². The Balaban J connectivity index is 2.39. The van der Waals surface area contributed by atoms with Gasteiger partial charge in [-0.25, -0.2) is 4.79 Å². The van der Waals surface area contributed by atoms with Crippen LogP contribution >= 0.6 is 23.2 Å². The van der Waals surface area contributed by atoms with Crippen molar-refractivity contribution in [2.45, 2.75) is 0 Å². The fraction of sp³-hybridized carbons (Fsp3) is 0. The van der Waals surface area contributed by atoms with Crippen LogP contribution in [0.1, 0.15) is 10.4 Å². The van der Waals surface area contributed by atoms with Gasteiger partial charge in [0.05, 0.1) is 9.95 Å². The molecule has 0 saturated carbocycles. The van der Waals surface area contributed by atoms with E-state index in [0.29, 0.717) is 0 Å². The van der Waals surface area contributed by atoms with Crippen molar-refractivity contribution < 1.29 is 19.6 Å². The van der Waals surface area contributed by atoms with Crippen LogP contribution in [-0.4, -0.2) is 16.0 Å². The lowest BCUT2D eigenvalue weighted by molar-refractivity contribution is -0.384. The molecule has 1 N–H and O–H groups in total. The Bertz CT molecular complexity index is 732. The second-order valence-corrected chi connectivity index (χ2v) is 4.70. The number of nitro groups is 1. The maximum atomic E-state index is 11.2. The number of hydrogen-bond donors (Lipinski definition) is 1. The van der Waals surface area contributed by atoms with Gasteiger partial charge in [-0.3, -0.25) is 10.1 Å². The molecule has 0 fully saturated rings. The molecule has 0 heterocycles. The topological polar surface area (TPSA) is 89.7 Å². The fourth-order valence-electron chi connectivity index (χ4n) is 1.62. The summed E-state index contributed by atoms with van der Waals surface area (Å²) in [6, 6.07) is 8.08. The Labute approximate surface area is 128 Å². The second kappa shape index (κ2) is 5.99. The third-order valence-electron chi connectivity index (χ3n) is 2.53. The summed E-state index contributed by atoms with van der Waals surface area (Å²) >= 11 is 11.6. The normalized spacial score (nSPS) is 10.2. The third kappa shape index (κ3) is 3.24. The van der Waals surface area contributed by atoms with Crippen molar-refractivity contribution in [2.75, 3.05) is 0 Å². The number of carboxylic acids is 1. The van der Waals surface area contributed by atoms with E-state index in [-0.39, 0.29) is 32.8 Å². The van der Waals surface area contributed by atoms with Crippen LogP contribution in [0.25, 0.3) is 0 Å². The predicted molar refractivity (Wildman–Crippen MR) is 76.6 cm³/mol. The fourth-order valence-corrected chi connectivity index (χ4v) is 2.11. The SMILES string of the molecule is O=C(O)c1c(Cl)cccc1Oc1ccc([N+](=O)[O-])c(Cl)c1. The lowest BCUT2D eigenvalue weighted by atomic mass is 10.2. The highest BCUT2D eigenvalue weighted by Crippen LogP contribution is 2.34. The van der Waals surface area contributed by atoms with Crippen LogP contribution in [0.2, 0.25) is 10.0 Å². The van der Waals surface area contributed by atoms with E-state index in [0.717, 1.165) is 0 Å². The minimum Gasteiger partial charge on any atom is -0.478 e. The van der Waals surface area contributed by atoms with E-state index in [1.165, 1.54) is 36.4 Å². The smallest absolute Gasteiger partial charge is 0.341 e. The molecule has 6 nitrogen and oxygen atoms in total. The third-order valence-corrected chi connectivity index (χ3v) is 3.15. The summed E-state index contributed by atoms with van der Waals surface area (Å²) in [6.07, 6.45) is 0. The highest BCUT2D eigenvalue weighted by molar-refractivity contribution is 6.34. The van der Waals surface area contributed by atoms with Gasteiger partial charge in [0.2, 0.25) is 0 Å². The molecule has 2 aromatic carbocycles. The molecule has 8 heteroatoms. The van der Waals surface area contributed by atoms with E-state index in [9.17, 15) is 14.9 Å². The quantitative estimate of drug-likeness (QED) is 0.664. The number of carbonyl (C=O) groups is 1. The molecule has 0 aromatic heterocycles. The molecule has 21 heavy (non-hydrogen) atoms. The number of rotatable bonds is 4. The van der Waals surface area contributed by atoms with Crippen LogP contribution in [0.3, 0.4) is 0 Å². The van der Waals surface area contributed by atoms with Gasteiger partial charge < -0.3 is 9.84 Å². The summed E-state index contributed by atoms with van der Waals surface area (Å²) in [4.78, 5) is 21.2. The minimum absolute atomic E-state index is 0.0138. The van der Waals surface area contributed by atoms with Crippen molar-refractivity contribution in [1.29, 1.82) is 0 Å². The maximum Gasteiger partial charge on any atom is 0.341 e. The number of ether oxygens (including phenoxy) is 1. The summed E-state index contributed by atoms with van der Waals surface area (Å²) in [5.41, 5.74) is -0.470. The van der Waals surface area contributed by atoms with Gasteiger partial charge in [-0.1, -0.05) is 29.3 Å². The monoisotopic (exact) mass is 327 g/mol. The highest BCUT2D eigenvalue weighted by atomic mass is 35.5. The van der Waals surface area contributed by atoms with Gasteiger partial charge in [-0.15, -0.1) is 0 Å². The molecule has 0 spiro atoms. The second-order valence-electron chi connectivity index (χ2n) is 3.89. The number of hydrogen-bond acceptors (Lipinski definition) is 4. The predicted octanol–water partition coefficient (Wildman–Crippen LogP) is 4.39. The largest absolute Gasteiger partial charge is 0.478 e. The van der Waals surface area contributed by atoms with E-state index in [4.69, 9.17) is 33.0 Å². The van der Waals surface area contributed by atoms with Crippen molar-refractivity contribution in [2.24, 2.45) is 0 Å². The van der Waals surface area contributed by atoms with Gasteiger partial charge >= 0.3 is 5.97 Å². The summed E-state index contributed by atoms with van der Waals surface area (Å²) < 4.78 is 5.39. The van der Waals surface area contributed by atoms with Crippen LogP contribution in [0, 0.1) is 10.1 Å². The Morgan fingerprint density at radius 1 is 1.19 bits per heavy atom. The number of benzene rings is 2. The van der Waals surface area contributed by atoms with Gasteiger partial charge in [0.25, 0.3) is 5.69 Å². The lowest BCUT2D eigenvalue weighted by Crippen LogP contribution is -2.01. The van der Waals surface area contributed by atoms with Crippen LogP contribution < -0.4 is 4.74 Å². The molecule has 0 unspecified atom stereocenters. The average molecular weight is 328 g/mol. The first-order chi connectivity index (χ1) is 9.90. The lowest BCUT2D eigenvalue weighted by Gasteiger charge is -2.10. The molecule has 0 aliphatic rings. The number of carboxylic acid groups (broad SMARTS) is 1. The first-order valence-electron chi connectivity index (χ1n) is 5.53. The molecule has 0 saturated heterocycles. The van der Waals surface area contributed by atoms with E-state index in [2.05, 4.69) is 0 Å². The molecule has 0 bridgehead atoms. The first kappa shape index (κ1) is 15.1. The first-order valence-corrected chi connectivity index (χ1v) is 6.29. The van der Waals surface area contributed by atoms with Crippen LogP contribution in [0.5, 0.6) is 11.5 Å². The highest BCUT2D eigenvalue weighted by Gasteiger charge is 2.18. The van der Waals surface area contributed by atoms with Crippen molar-refractivity contribution >= 4 is 34.9 Å². The molecular formula is C13H7Cl2NO5. The number of halogens is 2. The van der Waals surface area contributed by atoms with E-state index >= 15 is 0 Å². The zero-order chi connectivity index (χ0) is 15.6. The minimum atomic E-state index is -1.25. The van der Waals surface area contributed by atoms with Crippen molar-refractivity contribution in [3.8, 4) is 11.5 Å². The van der Waals surface area contributed by atoms with Gasteiger partial charge in [0.1, 0.15) is 22.1 Å². The Morgan fingerprint density at radius 3 is 2.48 bits per heavy atom. The Morgan fingerprint density at radius 2 is 1.90 bits per heavy atom. The summed E-state index contributed by atoms with van der Waals surface area (Å²) in [7, 11) is 0. The molecule has 2 rings (SSSR count). The molecule has 0 aliphatic carbocycles. The van der Waals surface area contributed by atoms with Gasteiger partial charge in [-0.05, 0) is 18.2 Å². The summed E-state index contributed by atoms with van der Waals surface area (Å²) in [5.74, 6) is -1.07.